The van der Waals surface area contributed by atoms with Crippen molar-refractivity contribution in [1.29, 1.82) is 0 Å². The van der Waals surface area contributed by atoms with Gasteiger partial charge in [-0.2, -0.15) is 5.10 Å². The predicted octanol–water partition coefficient (Wildman–Crippen LogP) is 1.29. The van der Waals surface area contributed by atoms with Crippen LogP contribution in [0.2, 0.25) is 0 Å². The van der Waals surface area contributed by atoms with Crippen LogP contribution in [0.3, 0.4) is 0 Å². The summed E-state index contributed by atoms with van der Waals surface area (Å²) in [5.41, 5.74) is -0.0359. The number of carbonyl (C=O) groups is 1. The molecule has 2 amide bonds. The summed E-state index contributed by atoms with van der Waals surface area (Å²) in [5, 5.41) is 10.1. The minimum absolute atomic E-state index is 0.0198. The quantitative estimate of drug-likeness (QED) is 0.738. The SMILES string of the molecule is CC(Cc1ccco1)NC(=O)NCCCn1nc2n(c1=O)CCCC2. The molecule has 0 fully saturated rings. The van der Waals surface area contributed by atoms with Crippen molar-refractivity contribution in [3.63, 3.8) is 0 Å². The second-order valence-electron chi connectivity index (χ2n) is 6.47. The van der Waals surface area contributed by atoms with Crippen molar-refractivity contribution in [2.45, 2.75) is 58.2 Å². The first-order valence-electron chi connectivity index (χ1n) is 8.87. The van der Waals surface area contributed by atoms with Gasteiger partial charge < -0.3 is 15.1 Å². The largest absolute Gasteiger partial charge is 0.469 e. The molecule has 1 atom stereocenters. The number of hydrogen-bond acceptors (Lipinski definition) is 4. The van der Waals surface area contributed by atoms with Crippen LogP contribution in [-0.2, 0) is 25.9 Å². The second-order valence-corrected chi connectivity index (χ2v) is 6.47. The van der Waals surface area contributed by atoms with Gasteiger partial charge >= 0.3 is 11.7 Å². The Morgan fingerprint density at radius 3 is 3.08 bits per heavy atom. The van der Waals surface area contributed by atoms with Crippen molar-refractivity contribution in [1.82, 2.24) is 25.0 Å². The average molecular weight is 347 g/mol. The molecule has 1 unspecified atom stereocenters. The Bertz CT molecular complexity index is 747. The maximum Gasteiger partial charge on any atom is 0.345 e. The van der Waals surface area contributed by atoms with Crippen LogP contribution in [0.1, 0.15) is 37.8 Å². The molecule has 8 heteroatoms. The van der Waals surface area contributed by atoms with Gasteiger partial charge in [0.1, 0.15) is 11.6 Å². The van der Waals surface area contributed by atoms with Crippen molar-refractivity contribution >= 4 is 6.03 Å². The van der Waals surface area contributed by atoms with Crippen LogP contribution < -0.4 is 16.3 Å². The summed E-state index contributed by atoms with van der Waals surface area (Å²) >= 11 is 0. The number of amides is 2. The molecular weight excluding hydrogens is 322 g/mol. The number of nitrogens with zero attached hydrogens (tertiary/aromatic N) is 3. The van der Waals surface area contributed by atoms with Gasteiger partial charge in [-0.15, -0.1) is 0 Å². The van der Waals surface area contributed by atoms with Gasteiger partial charge in [-0.05, 0) is 38.3 Å². The van der Waals surface area contributed by atoms with Crippen molar-refractivity contribution < 1.29 is 9.21 Å². The van der Waals surface area contributed by atoms with Gasteiger partial charge in [-0.25, -0.2) is 14.3 Å². The highest BCUT2D eigenvalue weighted by Crippen LogP contribution is 2.09. The van der Waals surface area contributed by atoms with Crippen LogP contribution in [0.15, 0.2) is 27.6 Å². The van der Waals surface area contributed by atoms with Crippen LogP contribution in [0, 0.1) is 0 Å². The Morgan fingerprint density at radius 2 is 2.32 bits per heavy atom. The molecule has 0 spiro atoms. The normalized spacial score (nSPS) is 14.8. The summed E-state index contributed by atoms with van der Waals surface area (Å²) in [6.45, 7) is 3.70. The third-order valence-electron chi connectivity index (χ3n) is 4.33. The van der Waals surface area contributed by atoms with E-state index in [1.165, 1.54) is 4.68 Å². The molecule has 25 heavy (non-hydrogen) atoms. The Labute approximate surface area is 146 Å². The highest BCUT2D eigenvalue weighted by Gasteiger charge is 2.16. The van der Waals surface area contributed by atoms with E-state index in [1.807, 2.05) is 19.1 Å². The molecule has 2 aromatic rings. The van der Waals surface area contributed by atoms with E-state index in [4.69, 9.17) is 4.42 Å². The first kappa shape index (κ1) is 17.3. The summed E-state index contributed by atoms with van der Waals surface area (Å²) in [6, 6.07) is 3.49. The van der Waals surface area contributed by atoms with E-state index in [-0.39, 0.29) is 17.8 Å². The number of carbonyl (C=O) groups excluding carboxylic acids is 1. The molecule has 0 aliphatic carbocycles. The van der Waals surface area contributed by atoms with Gasteiger partial charge in [-0.3, -0.25) is 4.57 Å². The lowest BCUT2D eigenvalue weighted by Gasteiger charge is -2.13. The summed E-state index contributed by atoms with van der Waals surface area (Å²) in [6.07, 6.45) is 5.94. The van der Waals surface area contributed by atoms with Crippen molar-refractivity contribution in [3.05, 3.63) is 40.5 Å². The zero-order chi connectivity index (χ0) is 17.6. The standard InChI is InChI=1S/C17H25N5O3/c1-13(12-14-6-4-11-25-14)19-16(23)18-8-5-10-22-17(24)21-9-3-2-7-15(21)20-22/h4,6,11,13H,2-3,5,7-10,12H2,1H3,(H2,18,19,23). The molecule has 0 radical (unpaired) electrons. The third kappa shape index (κ3) is 4.52. The fourth-order valence-corrected chi connectivity index (χ4v) is 3.08. The summed E-state index contributed by atoms with van der Waals surface area (Å²) < 4.78 is 8.54. The molecule has 0 aromatic carbocycles. The number of fused-ring (bicyclic) bond motifs is 1. The highest BCUT2D eigenvalue weighted by atomic mass is 16.3. The second kappa shape index (κ2) is 8.04. The van der Waals surface area contributed by atoms with Crippen LogP contribution in [-0.4, -0.2) is 33.0 Å². The predicted molar refractivity (Wildman–Crippen MR) is 92.5 cm³/mol. The molecule has 3 heterocycles. The zero-order valence-corrected chi connectivity index (χ0v) is 14.5. The van der Waals surface area contributed by atoms with Crippen LogP contribution >= 0.6 is 0 Å². The number of furan rings is 1. The van der Waals surface area contributed by atoms with Gasteiger partial charge in [0.25, 0.3) is 0 Å². The molecule has 8 nitrogen and oxygen atoms in total. The first-order valence-corrected chi connectivity index (χ1v) is 8.87. The number of rotatable bonds is 7. The van der Waals surface area contributed by atoms with Gasteiger partial charge in [0, 0.05) is 38.5 Å². The lowest BCUT2D eigenvalue weighted by atomic mass is 10.2. The molecule has 1 aliphatic heterocycles. The molecule has 2 aromatic heterocycles. The molecule has 3 rings (SSSR count). The average Bonchev–Trinajstić information content (AvgIpc) is 3.20. The molecule has 0 saturated carbocycles. The molecule has 1 aliphatic rings. The van der Waals surface area contributed by atoms with Crippen molar-refractivity contribution in [2.75, 3.05) is 6.54 Å². The Kier molecular flexibility index (Phi) is 5.57. The van der Waals surface area contributed by atoms with Gasteiger partial charge in [0.2, 0.25) is 0 Å². The zero-order valence-electron chi connectivity index (χ0n) is 14.5. The fraction of sp³-hybridized carbons (Fsp3) is 0.588. The molecule has 0 bridgehead atoms. The monoisotopic (exact) mass is 347 g/mol. The molecule has 136 valence electrons. The smallest absolute Gasteiger partial charge is 0.345 e. The van der Waals surface area contributed by atoms with Crippen molar-refractivity contribution in [2.24, 2.45) is 0 Å². The molecule has 0 saturated heterocycles. The third-order valence-corrected chi connectivity index (χ3v) is 4.33. The Balaban J connectivity index is 1.37. The van der Waals surface area contributed by atoms with E-state index in [2.05, 4.69) is 15.7 Å². The number of aromatic nitrogens is 3. The lowest BCUT2D eigenvalue weighted by molar-refractivity contribution is 0.237. The first-order chi connectivity index (χ1) is 12.1. The maximum absolute atomic E-state index is 12.2. The van der Waals surface area contributed by atoms with E-state index >= 15 is 0 Å². The summed E-state index contributed by atoms with van der Waals surface area (Å²) in [5.74, 6) is 1.73. The molecular formula is C17H25N5O3. The number of hydrogen-bond donors (Lipinski definition) is 2. The van der Waals surface area contributed by atoms with Crippen molar-refractivity contribution in [3.8, 4) is 0 Å². The van der Waals surface area contributed by atoms with E-state index < -0.39 is 0 Å². The summed E-state index contributed by atoms with van der Waals surface area (Å²) in [4.78, 5) is 24.1. The van der Waals surface area contributed by atoms with Gasteiger partial charge in [-0.1, -0.05) is 0 Å². The Morgan fingerprint density at radius 1 is 1.44 bits per heavy atom. The number of nitrogens with one attached hydrogen (secondary N) is 2. The Hall–Kier alpha value is -2.51. The fourth-order valence-electron chi connectivity index (χ4n) is 3.08. The van der Waals surface area contributed by atoms with Crippen LogP contribution in [0.5, 0.6) is 0 Å². The van der Waals surface area contributed by atoms with Crippen LogP contribution in [0.4, 0.5) is 4.79 Å². The maximum atomic E-state index is 12.2. The van der Waals surface area contributed by atoms with E-state index in [9.17, 15) is 9.59 Å². The highest BCUT2D eigenvalue weighted by molar-refractivity contribution is 5.74. The van der Waals surface area contributed by atoms with Crippen LogP contribution in [0.25, 0.3) is 0 Å². The minimum Gasteiger partial charge on any atom is -0.469 e. The van der Waals surface area contributed by atoms with Gasteiger partial charge in [0.05, 0.1) is 6.26 Å². The van der Waals surface area contributed by atoms with E-state index in [1.54, 1.807) is 10.8 Å². The number of urea groups is 1. The van der Waals surface area contributed by atoms with Gasteiger partial charge in [0.15, 0.2) is 0 Å². The topological polar surface area (TPSA) is 94.1 Å². The summed E-state index contributed by atoms with van der Waals surface area (Å²) in [7, 11) is 0. The van der Waals surface area contributed by atoms with E-state index in [0.717, 1.165) is 37.4 Å². The lowest BCUT2D eigenvalue weighted by Crippen LogP contribution is -2.42. The van der Waals surface area contributed by atoms with E-state index in [0.29, 0.717) is 25.9 Å². The molecule has 2 N–H and O–H groups in total. The minimum atomic E-state index is -0.212. The number of aryl methyl sites for hydroxylation is 2.